The van der Waals surface area contributed by atoms with Crippen LogP contribution in [-0.4, -0.2) is 48.1 Å². The summed E-state index contributed by atoms with van der Waals surface area (Å²) in [5.41, 5.74) is 0.444. The predicted octanol–water partition coefficient (Wildman–Crippen LogP) is 3.54. The first kappa shape index (κ1) is 22.7. The lowest BCUT2D eigenvalue weighted by Gasteiger charge is -2.21. The lowest BCUT2D eigenvalue weighted by molar-refractivity contribution is -0.132. The molecule has 1 saturated heterocycles. The summed E-state index contributed by atoms with van der Waals surface area (Å²) in [6.07, 6.45) is 0. The number of ketones is 1. The molecule has 0 radical (unpaired) electrons. The highest BCUT2D eigenvalue weighted by molar-refractivity contribution is 7.17. The molecule has 180 valence electrons. The molecule has 2 aliphatic heterocycles. The Balaban J connectivity index is 1.67. The number of fused-ring (bicyclic) bond motifs is 1. The van der Waals surface area contributed by atoms with E-state index in [1.165, 1.54) is 7.11 Å². The van der Waals surface area contributed by atoms with Crippen molar-refractivity contribution in [3.8, 4) is 11.5 Å². The highest BCUT2D eigenvalue weighted by atomic mass is 32.1. The van der Waals surface area contributed by atoms with E-state index in [4.69, 9.17) is 18.6 Å². The number of aromatic nitrogens is 1. The number of aliphatic hydroxyl groups excluding tert-OH is 1. The monoisotopic (exact) mass is 496 g/mol. The molecule has 4 heterocycles. The van der Waals surface area contributed by atoms with Crippen LogP contribution in [0.5, 0.6) is 11.5 Å². The average Bonchev–Trinajstić information content (AvgIpc) is 3.53. The number of amides is 1. The number of benzene rings is 1. The fourth-order valence-corrected chi connectivity index (χ4v) is 5.02. The number of hydrogen-bond acceptors (Lipinski definition) is 10. The fraction of sp³-hybridized carbons (Fsp3) is 0.250. The molecule has 2 aromatic heterocycles. The van der Waals surface area contributed by atoms with Crippen LogP contribution in [0, 0.1) is 13.8 Å². The van der Waals surface area contributed by atoms with Crippen molar-refractivity contribution in [1.82, 2.24) is 4.98 Å². The molecule has 10 nitrogen and oxygen atoms in total. The Hall–Kier alpha value is -4.12. The Morgan fingerprint density at radius 2 is 1.89 bits per heavy atom. The molecule has 0 saturated carbocycles. The minimum Gasteiger partial charge on any atom is -0.507 e. The highest BCUT2D eigenvalue weighted by Crippen LogP contribution is 2.45. The van der Waals surface area contributed by atoms with Gasteiger partial charge >= 0.3 is 11.9 Å². The topological polar surface area (TPSA) is 128 Å². The predicted molar refractivity (Wildman–Crippen MR) is 124 cm³/mol. The van der Waals surface area contributed by atoms with E-state index in [1.54, 1.807) is 44.2 Å². The summed E-state index contributed by atoms with van der Waals surface area (Å²) in [7, 11) is 1.24. The van der Waals surface area contributed by atoms with E-state index in [2.05, 4.69) is 4.98 Å². The summed E-state index contributed by atoms with van der Waals surface area (Å²) in [4.78, 5) is 44.3. The van der Waals surface area contributed by atoms with Crippen LogP contribution in [0.1, 0.15) is 38.5 Å². The number of aryl methyl sites for hydroxylation is 2. The number of aliphatic hydroxyl groups is 1. The average molecular weight is 496 g/mol. The van der Waals surface area contributed by atoms with Crippen LogP contribution in [0.2, 0.25) is 0 Å². The first-order valence-electron chi connectivity index (χ1n) is 10.6. The summed E-state index contributed by atoms with van der Waals surface area (Å²) in [6.45, 7) is 4.07. The molecular formula is C24H20N2O8S. The minimum absolute atomic E-state index is 0.102. The number of nitrogens with zero attached hydrogens (tertiary/aromatic N) is 2. The number of methoxy groups -OCH3 is 1. The van der Waals surface area contributed by atoms with E-state index in [-0.39, 0.29) is 26.9 Å². The van der Waals surface area contributed by atoms with Gasteiger partial charge < -0.3 is 23.7 Å². The molecule has 1 atom stereocenters. The number of Topliss-reactive ketones (excluding diaryl/α,β-unsaturated/α-hetero) is 1. The number of anilines is 1. The number of ether oxygens (including phenoxy) is 3. The first-order valence-corrected chi connectivity index (χ1v) is 11.4. The van der Waals surface area contributed by atoms with E-state index in [9.17, 15) is 19.5 Å². The Labute approximate surface area is 203 Å². The number of furan rings is 1. The van der Waals surface area contributed by atoms with Gasteiger partial charge in [0.05, 0.1) is 18.4 Å². The van der Waals surface area contributed by atoms with Crippen molar-refractivity contribution < 1.29 is 38.1 Å². The minimum atomic E-state index is -1.10. The Bertz CT molecular complexity index is 1400. The van der Waals surface area contributed by atoms with Crippen LogP contribution in [0.25, 0.3) is 5.76 Å². The third-order valence-electron chi connectivity index (χ3n) is 5.65. The van der Waals surface area contributed by atoms with Crippen molar-refractivity contribution in [3.63, 3.8) is 0 Å². The van der Waals surface area contributed by atoms with E-state index < -0.39 is 29.5 Å². The molecule has 11 heteroatoms. The van der Waals surface area contributed by atoms with Crippen molar-refractivity contribution in [3.05, 3.63) is 63.6 Å². The molecule has 3 aromatic rings. The number of hydrogen-bond donors (Lipinski definition) is 1. The van der Waals surface area contributed by atoms with Gasteiger partial charge in [0.2, 0.25) is 0 Å². The maximum atomic E-state index is 13.2. The van der Waals surface area contributed by atoms with E-state index in [0.29, 0.717) is 36.2 Å². The zero-order valence-corrected chi connectivity index (χ0v) is 19.8. The maximum Gasteiger partial charge on any atom is 0.350 e. The van der Waals surface area contributed by atoms with Crippen molar-refractivity contribution in [2.24, 2.45) is 0 Å². The maximum absolute atomic E-state index is 13.2. The third-order valence-corrected chi connectivity index (χ3v) is 6.79. The van der Waals surface area contributed by atoms with Crippen LogP contribution in [0.15, 0.2) is 40.3 Å². The number of carbonyl (C=O) groups excluding carboxylic acids is 3. The first-order chi connectivity index (χ1) is 16.8. The second-order valence-electron chi connectivity index (χ2n) is 7.88. The van der Waals surface area contributed by atoms with E-state index in [0.717, 1.165) is 16.2 Å². The van der Waals surface area contributed by atoms with Crippen LogP contribution < -0.4 is 14.4 Å². The zero-order chi connectivity index (χ0) is 24.9. The molecule has 1 fully saturated rings. The van der Waals surface area contributed by atoms with Crippen LogP contribution in [0.3, 0.4) is 0 Å². The van der Waals surface area contributed by atoms with Crippen molar-refractivity contribution in [2.45, 2.75) is 19.9 Å². The third kappa shape index (κ3) is 3.73. The molecule has 0 bridgehead atoms. The zero-order valence-electron chi connectivity index (χ0n) is 19.0. The standard InChI is InChI=1S/C24H20N2O8S/c1-11-4-6-15(34-11)18-17(19(27)13-5-7-14-16(10-13)33-9-8-32-14)20(28)22(29)26(18)24-25-12(2)21(35-24)23(30)31-3/h4-7,10,18,27H,8-9H2,1-3H3. The van der Waals surface area contributed by atoms with Gasteiger partial charge in [-0.05, 0) is 44.2 Å². The summed E-state index contributed by atoms with van der Waals surface area (Å²) in [5, 5.41) is 11.4. The van der Waals surface area contributed by atoms with Crippen molar-refractivity contribution in [1.29, 1.82) is 0 Å². The number of rotatable bonds is 4. The molecule has 1 unspecified atom stereocenters. The molecular weight excluding hydrogens is 476 g/mol. The summed E-state index contributed by atoms with van der Waals surface area (Å²) < 4.78 is 21.7. The number of carbonyl (C=O) groups is 3. The van der Waals surface area contributed by atoms with Gasteiger partial charge in [-0.2, -0.15) is 0 Å². The molecule has 1 amide bonds. The van der Waals surface area contributed by atoms with Gasteiger partial charge in [-0.15, -0.1) is 0 Å². The largest absolute Gasteiger partial charge is 0.507 e. The molecule has 1 aromatic carbocycles. The number of thiazole rings is 1. The molecule has 35 heavy (non-hydrogen) atoms. The van der Waals surface area contributed by atoms with Crippen LogP contribution in [0.4, 0.5) is 5.13 Å². The highest BCUT2D eigenvalue weighted by Gasteiger charge is 2.50. The Morgan fingerprint density at radius 3 is 2.57 bits per heavy atom. The van der Waals surface area contributed by atoms with Gasteiger partial charge in [-0.3, -0.25) is 14.5 Å². The van der Waals surface area contributed by atoms with Gasteiger partial charge in [0.25, 0.3) is 5.78 Å². The van der Waals surface area contributed by atoms with E-state index in [1.807, 2.05) is 0 Å². The summed E-state index contributed by atoms with van der Waals surface area (Å²) in [6, 6.07) is 6.95. The normalized spacial score (nSPS) is 18.7. The molecule has 5 rings (SSSR count). The summed E-state index contributed by atoms with van der Waals surface area (Å²) in [5.74, 6) is -1.09. The van der Waals surface area contributed by atoms with E-state index >= 15 is 0 Å². The molecule has 0 spiro atoms. The van der Waals surface area contributed by atoms with Crippen molar-refractivity contribution in [2.75, 3.05) is 25.2 Å². The smallest absolute Gasteiger partial charge is 0.350 e. The Morgan fingerprint density at radius 1 is 1.14 bits per heavy atom. The number of esters is 1. The molecule has 1 N–H and O–H groups in total. The van der Waals surface area contributed by atoms with Crippen molar-refractivity contribution >= 4 is 39.9 Å². The molecule has 0 aliphatic carbocycles. The second kappa shape index (κ2) is 8.58. The van der Waals surface area contributed by atoms with Gasteiger partial charge in [-0.1, -0.05) is 11.3 Å². The molecule has 2 aliphatic rings. The van der Waals surface area contributed by atoms with Gasteiger partial charge in [0.1, 0.15) is 41.4 Å². The lowest BCUT2D eigenvalue weighted by atomic mass is 9.99. The van der Waals surface area contributed by atoms with Gasteiger partial charge in [-0.25, -0.2) is 9.78 Å². The lowest BCUT2D eigenvalue weighted by Crippen LogP contribution is -2.29. The Kier molecular flexibility index (Phi) is 5.56. The van der Waals surface area contributed by atoms with Crippen LogP contribution in [-0.2, 0) is 14.3 Å². The van der Waals surface area contributed by atoms with Gasteiger partial charge in [0.15, 0.2) is 16.6 Å². The van der Waals surface area contributed by atoms with Gasteiger partial charge in [0, 0.05) is 5.56 Å². The quantitative estimate of drug-likeness (QED) is 0.250. The fourth-order valence-electron chi connectivity index (χ4n) is 4.01. The summed E-state index contributed by atoms with van der Waals surface area (Å²) >= 11 is 0.913. The van der Waals surface area contributed by atoms with Crippen LogP contribution >= 0.6 is 11.3 Å². The SMILES string of the molecule is COC(=O)c1sc(N2C(=O)C(=O)C(=C(O)c3ccc4c(c3)OCCO4)C2c2ccc(C)o2)nc1C. The second-order valence-corrected chi connectivity index (χ2v) is 8.86.